The van der Waals surface area contributed by atoms with Crippen molar-refractivity contribution in [1.29, 1.82) is 0 Å². The van der Waals surface area contributed by atoms with Crippen LogP contribution in [0.25, 0.3) is 0 Å². The first kappa shape index (κ1) is 14.3. The van der Waals surface area contributed by atoms with Crippen LogP contribution in [0.1, 0.15) is 11.1 Å². The van der Waals surface area contributed by atoms with Crippen LogP contribution < -0.4 is 5.32 Å². The molecule has 0 bridgehead atoms. The summed E-state index contributed by atoms with van der Waals surface area (Å²) in [4.78, 5) is 10.2. The Balaban J connectivity index is 2.18. The Hall–Kier alpha value is -2.14. The third-order valence-corrected chi connectivity index (χ3v) is 3.26. The highest BCUT2D eigenvalue weighted by Crippen LogP contribution is 2.27. The van der Waals surface area contributed by atoms with Gasteiger partial charge < -0.3 is 5.32 Å². The van der Waals surface area contributed by atoms with Gasteiger partial charge in [-0.15, -0.1) is 0 Å². The van der Waals surface area contributed by atoms with E-state index in [0.717, 1.165) is 11.1 Å². The number of nitro benzene ring substituents is 1. The molecule has 2 aromatic rings. The van der Waals surface area contributed by atoms with Crippen molar-refractivity contribution in [1.82, 2.24) is 0 Å². The van der Waals surface area contributed by atoms with Gasteiger partial charge in [-0.25, -0.2) is 4.39 Å². The largest absolute Gasteiger partial charge is 0.380 e. The van der Waals surface area contributed by atoms with E-state index >= 15 is 0 Å². The van der Waals surface area contributed by atoms with Crippen molar-refractivity contribution in [3.63, 3.8) is 0 Å². The lowest BCUT2D eigenvalue weighted by atomic mass is 10.1. The lowest BCUT2D eigenvalue weighted by molar-refractivity contribution is -0.384. The monoisotopic (exact) mass is 294 g/mol. The van der Waals surface area contributed by atoms with E-state index in [2.05, 4.69) is 5.32 Å². The molecule has 2 aromatic carbocycles. The standard InChI is InChI=1S/C14H12ClFN2O2/c1-9-6-11(16)3-2-10(9)8-17-14-7-12(18(19)20)4-5-13(14)15/h2-7,17H,8H2,1H3. The highest BCUT2D eigenvalue weighted by molar-refractivity contribution is 6.33. The second kappa shape index (κ2) is 5.88. The van der Waals surface area contributed by atoms with Crippen molar-refractivity contribution in [3.8, 4) is 0 Å². The predicted octanol–water partition coefficient (Wildman–Crippen LogP) is 4.31. The number of non-ortho nitro benzene ring substituents is 1. The van der Waals surface area contributed by atoms with Crippen LogP contribution in [0.3, 0.4) is 0 Å². The number of hydrogen-bond acceptors (Lipinski definition) is 3. The average molecular weight is 295 g/mol. The number of rotatable bonds is 4. The molecule has 4 nitrogen and oxygen atoms in total. The van der Waals surface area contributed by atoms with E-state index in [1.165, 1.54) is 30.3 Å². The molecule has 0 aliphatic carbocycles. The maximum atomic E-state index is 13.0. The van der Waals surface area contributed by atoms with E-state index in [0.29, 0.717) is 17.3 Å². The van der Waals surface area contributed by atoms with Gasteiger partial charge >= 0.3 is 0 Å². The normalized spacial score (nSPS) is 10.3. The van der Waals surface area contributed by atoms with Crippen LogP contribution in [0.2, 0.25) is 5.02 Å². The third-order valence-electron chi connectivity index (χ3n) is 2.93. The fraction of sp³-hybridized carbons (Fsp3) is 0.143. The van der Waals surface area contributed by atoms with Crippen LogP contribution in [0.15, 0.2) is 36.4 Å². The second-order valence-corrected chi connectivity index (χ2v) is 4.75. The fourth-order valence-corrected chi connectivity index (χ4v) is 1.99. The Morgan fingerprint density at radius 3 is 2.70 bits per heavy atom. The van der Waals surface area contributed by atoms with Crippen molar-refractivity contribution >= 4 is 23.0 Å². The summed E-state index contributed by atoms with van der Waals surface area (Å²) in [6.45, 7) is 2.21. The van der Waals surface area contributed by atoms with Gasteiger partial charge in [0.05, 0.1) is 15.6 Å². The van der Waals surface area contributed by atoms with Crippen LogP contribution in [0, 0.1) is 22.9 Å². The first-order valence-corrected chi connectivity index (χ1v) is 6.28. The van der Waals surface area contributed by atoms with E-state index in [1.807, 2.05) is 0 Å². The molecular formula is C14H12ClFN2O2. The summed E-state index contributed by atoms with van der Waals surface area (Å²) >= 11 is 5.99. The van der Waals surface area contributed by atoms with Gasteiger partial charge in [-0.05, 0) is 36.2 Å². The summed E-state index contributed by atoms with van der Waals surface area (Å²) in [5, 5.41) is 14.1. The molecule has 0 spiro atoms. The van der Waals surface area contributed by atoms with Gasteiger partial charge in [-0.2, -0.15) is 0 Å². The number of nitrogens with zero attached hydrogens (tertiary/aromatic N) is 1. The molecule has 104 valence electrons. The lowest BCUT2D eigenvalue weighted by Gasteiger charge is -2.10. The number of nitro groups is 1. The SMILES string of the molecule is Cc1cc(F)ccc1CNc1cc([N+](=O)[O-])ccc1Cl. The summed E-state index contributed by atoms with van der Waals surface area (Å²) in [5.74, 6) is -0.292. The number of nitrogens with one attached hydrogen (secondary N) is 1. The summed E-state index contributed by atoms with van der Waals surface area (Å²) in [6, 6.07) is 8.67. The van der Waals surface area contributed by atoms with Crippen LogP contribution in [0.5, 0.6) is 0 Å². The van der Waals surface area contributed by atoms with Crippen molar-refractivity contribution in [3.05, 3.63) is 68.5 Å². The minimum absolute atomic E-state index is 0.0345. The minimum Gasteiger partial charge on any atom is -0.380 e. The van der Waals surface area contributed by atoms with Crippen molar-refractivity contribution in [2.24, 2.45) is 0 Å². The fourth-order valence-electron chi connectivity index (χ4n) is 1.81. The van der Waals surface area contributed by atoms with Crippen molar-refractivity contribution in [2.45, 2.75) is 13.5 Å². The highest BCUT2D eigenvalue weighted by atomic mass is 35.5. The third kappa shape index (κ3) is 3.24. The predicted molar refractivity (Wildman–Crippen MR) is 76.6 cm³/mol. The first-order valence-electron chi connectivity index (χ1n) is 5.90. The van der Waals surface area contributed by atoms with E-state index in [4.69, 9.17) is 11.6 Å². The molecule has 2 rings (SSSR count). The molecule has 20 heavy (non-hydrogen) atoms. The van der Waals surface area contributed by atoms with E-state index in [1.54, 1.807) is 13.0 Å². The lowest BCUT2D eigenvalue weighted by Crippen LogP contribution is -2.02. The van der Waals surface area contributed by atoms with Gasteiger partial charge in [0.15, 0.2) is 0 Å². The van der Waals surface area contributed by atoms with Crippen molar-refractivity contribution < 1.29 is 9.31 Å². The van der Waals surface area contributed by atoms with Crippen LogP contribution in [-0.2, 0) is 6.54 Å². The number of hydrogen-bond donors (Lipinski definition) is 1. The Bertz CT molecular complexity index is 662. The van der Waals surface area contributed by atoms with E-state index in [-0.39, 0.29) is 11.5 Å². The molecule has 1 N–H and O–H groups in total. The molecule has 0 aliphatic rings. The Labute approximate surface area is 120 Å². The molecule has 0 unspecified atom stereocenters. The molecule has 0 aromatic heterocycles. The average Bonchev–Trinajstić information content (AvgIpc) is 2.39. The zero-order valence-electron chi connectivity index (χ0n) is 10.7. The summed E-state index contributed by atoms with van der Waals surface area (Å²) in [5.41, 5.74) is 2.14. The van der Waals surface area contributed by atoms with E-state index < -0.39 is 4.92 Å². The summed E-state index contributed by atoms with van der Waals surface area (Å²) in [6.07, 6.45) is 0. The maximum Gasteiger partial charge on any atom is 0.271 e. The highest BCUT2D eigenvalue weighted by Gasteiger charge is 2.10. The number of aryl methyl sites for hydroxylation is 1. The topological polar surface area (TPSA) is 55.2 Å². The molecule has 0 radical (unpaired) electrons. The molecular weight excluding hydrogens is 283 g/mol. The van der Waals surface area contributed by atoms with Gasteiger partial charge in [0.25, 0.3) is 5.69 Å². The van der Waals surface area contributed by atoms with Crippen LogP contribution in [-0.4, -0.2) is 4.92 Å². The summed E-state index contributed by atoms with van der Waals surface area (Å²) < 4.78 is 13.0. The number of halogens is 2. The zero-order valence-corrected chi connectivity index (χ0v) is 11.4. The number of benzene rings is 2. The van der Waals surface area contributed by atoms with Gasteiger partial charge in [0.1, 0.15) is 5.82 Å². The van der Waals surface area contributed by atoms with Gasteiger partial charge in [-0.3, -0.25) is 10.1 Å². The molecule has 0 saturated heterocycles. The molecule has 0 atom stereocenters. The zero-order chi connectivity index (χ0) is 14.7. The Morgan fingerprint density at radius 1 is 1.30 bits per heavy atom. The number of anilines is 1. The maximum absolute atomic E-state index is 13.0. The molecule has 0 amide bonds. The molecule has 0 aliphatic heterocycles. The quantitative estimate of drug-likeness (QED) is 0.675. The van der Waals surface area contributed by atoms with Crippen LogP contribution >= 0.6 is 11.6 Å². The van der Waals surface area contributed by atoms with E-state index in [9.17, 15) is 14.5 Å². The Kier molecular flexibility index (Phi) is 4.20. The van der Waals surface area contributed by atoms with Gasteiger partial charge in [0, 0.05) is 18.7 Å². The first-order chi connectivity index (χ1) is 9.47. The molecule has 0 heterocycles. The second-order valence-electron chi connectivity index (χ2n) is 4.35. The molecule has 0 fully saturated rings. The summed E-state index contributed by atoms with van der Waals surface area (Å²) in [7, 11) is 0. The molecule has 0 saturated carbocycles. The minimum atomic E-state index is -0.481. The smallest absolute Gasteiger partial charge is 0.271 e. The van der Waals surface area contributed by atoms with Crippen LogP contribution in [0.4, 0.5) is 15.8 Å². The van der Waals surface area contributed by atoms with Crippen molar-refractivity contribution in [2.75, 3.05) is 5.32 Å². The Morgan fingerprint density at radius 2 is 2.05 bits per heavy atom. The van der Waals surface area contributed by atoms with Gasteiger partial charge in [0.2, 0.25) is 0 Å². The van der Waals surface area contributed by atoms with Gasteiger partial charge in [-0.1, -0.05) is 17.7 Å². The molecule has 6 heteroatoms.